The Balaban J connectivity index is 1.96. The zero-order valence-corrected chi connectivity index (χ0v) is 10.2. The van der Waals surface area contributed by atoms with E-state index in [0.29, 0.717) is 13.0 Å². The predicted octanol–water partition coefficient (Wildman–Crippen LogP) is 1.96. The van der Waals surface area contributed by atoms with Crippen molar-refractivity contribution in [1.82, 2.24) is 10.3 Å². The van der Waals surface area contributed by atoms with E-state index >= 15 is 0 Å². The second-order valence-corrected chi connectivity index (χ2v) is 4.34. The van der Waals surface area contributed by atoms with Crippen LogP contribution in [0.2, 0.25) is 0 Å². The number of rotatable bonds is 4. The topological polar surface area (TPSA) is 62.2 Å². The lowest BCUT2D eigenvalue weighted by atomic mass is 10.1. The molecule has 0 aliphatic rings. The molecule has 2 rings (SSSR count). The molecule has 0 fully saturated rings. The average molecular weight is 266 g/mol. The van der Waals surface area contributed by atoms with E-state index in [4.69, 9.17) is 0 Å². The van der Waals surface area contributed by atoms with Crippen LogP contribution in [0.5, 0.6) is 5.75 Å². The van der Waals surface area contributed by atoms with Crippen molar-refractivity contribution in [3.63, 3.8) is 0 Å². The molecule has 4 nitrogen and oxygen atoms in total. The molecule has 2 N–H and O–H groups in total. The van der Waals surface area contributed by atoms with Crippen LogP contribution >= 0.6 is 11.3 Å². The van der Waals surface area contributed by atoms with Gasteiger partial charge in [0.05, 0.1) is 11.2 Å². The van der Waals surface area contributed by atoms with Crippen LogP contribution in [0.25, 0.3) is 0 Å². The van der Waals surface area contributed by atoms with Gasteiger partial charge in [-0.3, -0.25) is 4.79 Å². The van der Waals surface area contributed by atoms with Gasteiger partial charge in [0.15, 0.2) is 0 Å². The van der Waals surface area contributed by atoms with E-state index in [1.165, 1.54) is 23.5 Å². The van der Waals surface area contributed by atoms with Gasteiger partial charge in [-0.05, 0) is 12.1 Å². The Kier molecular flexibility index (Phi) is 3.88. The van der Waals surface area contributed by atoms with Crippen molar-refractivity contribution in [3.8, 4) is 5.75 Å². The van der Waals surface area contributed by atoms with Crippen LogP contribution in [-0.2, 0) is 6.42 Å². The molecule has 0 atom stereocenters. The van der Waals surface area contributed by atoms with Crippen LogP contribution in [0.15, 0.2) is 29.1 Å². The van der Waals surface area contributed by atoms with Gasteiger partial charge in [0, 0.05) is 18.3 Å². The minimum absolute atomic E-state index is 0.323. The van der Waals surface area contributed by atoms with Crippen molar-refractivity contribution < 1.29 is 14.3 Å². The van der Waals surface area contributed by atoms with E-state index in [1.54, 1.807) is 5.51 Å². The first-order chi connectivity index (χ1) is 8.68. The Morgan fingerprint density at radius 2 is 2.33 bits per heavy atom. The maximum atomic E-state index is 13.4. The lowest BCUT2D eigenvalue weighted by Gasteiger charge is -2.06. The van der Waals surface area contributed by atoms with Crippen molar-refractivity contribution in [2.24, 2.45) is 0 Å². The SMILES string of the molecule is O=C(NCCc1cscn1)c1c(O)cccc1F. The first-order valence-electron chi connectivity index (χ1n) is 5.31. The number of carbonyl (C=O) groups is 1. The molecule has 94 valence electrons. The van der Waals surface area contributed by atoms with E-state index in [1.807, 2.05) is 5.38 Å². The normalized spacial score (nSPS) is 10.3. The molecule has 1 amide bonds. The van der Waals surface area contributed by atoms with Crippen LogP contribution in [0.1, 0.15) is 16.1 Å². The summed E-state index contributed by atoms with van der Waals surface area (Å²) < 4.78 is 13.4. The molecule has 0 saturated heterocycles. The zero-order chi connectivity index (χ0) is 13.0. The molecule has 0 aliphatic carbocycles. The van der Waals surface area contributed by atoms with Crippen LogP contribution in [0.4, 0.5) is 4.39 Å². The largest absolute Gasteiger partial charge is 0.507 e. The number of nitrogens with one attached hydrogen (secondary N) is 1. The summed E-state index contributed by atoms with van der Waals surface area (Å²) in [6, 6.07) is 3.75. The quantitative estimate of drug-likeness (QED) is 0.889. The number of amides is 1. The number of carbonyl (C=O) groups excluding carboxylic acids is 1. The number of phenolic OH excluding ortho intramolecular Hbond substituents is 1. The summed E-state index contributed by atoms with van der Waals surface area (Å²) in [5.74, 6) is -1.72. The molecule has 6 heteroatoms. The molecular formula is C12H11FN2O2S. The fraction of sp³-hybridized carbons (Fsp3) is 0.167. The summed E-state index contributed by atoms with van der Waals surface area (Å²) in [7, 11) is 0. The van der Waals surface area contributed by atoms with E-state index < -0.39 is 11.7 Å². The number of benzene rings is 1. The van der Waals surface area contributed by atoms with Crippen molar-refractivity contribution in [2.45, 2.75) is 6.42 Å². The van der Waals surface area contributed by atoms with E-state index in [2.05, 4.69) is 10.3 Å². The first kappa shape index (κ1) is 12.5. The highest BCUT2D eigenvalue weighted by molar-refractivity contribution is 7.07. The predicted molar refractivity (Wildman–Crippen MR) is 66.2 cm³/mol. The minimum atomic E-state index is -0.735. The van der Waals surface area contributed by atoms with Gasteiger partial charge in [-0.15, -0.1) is 11.3 Å². The Hall–Kier alpha value is -1.95. The van der Waals surface area contributed by atoms with Gasteiger partial charge in [0.1, 0.15) is 17.1 Å². The maximum absolute atomic E-state index is 13.4. The smallest absolute Gasteiger partial charge is 0.258 e. The number of aromatic nitrogens is 1. The summed E-state index contributed by atoms with van der Waals surface area (Å²) >= 11 is 1.48. The van der Waals surface area contributed by atoms with Gasteiger partial charge in [-0.2, -0.15) is 0 Å². The van der Waals surface area contributed by atoms with Crippen molar-refractivity contribution in [3.05, 3.63) is 46.2 Å². The molecule has 0 spiro atoms. The number of halogens is 1. The molecule has 0 radical (unpaired) electrons. The van der Waals surface area contributed by atoms with Gasteiger partial charge in [0.25, 0.3) is 5.91 Å². The zero-order valence-electron chi connectivity index (χ0n) is 9.39. The second kappa shape index (κ2) is 5.59. The molecule has 0 bridgehead atoms. The monoisotopic (exact) mass is 266 g/mol. The van der Waals surface area contributed by atoms with Gasteiger partial charge >= 0.3 is 0 Å². The summed E-state index contributed by atoms with van der Waals surface area (Å²) in [4.78, 5) is 15.8. The fourth-order valence-electron chi connectivity index (χ4n) is 1.49. The molecule has 1 aromatic carbocycles. The van der Waals surface area contributed by atoms with Gasteiger partial charge in [-0.25, -0.2) is 9.37 Å². The second-order valence-electron chi connectivity index (χ2n) is 3.62. The molecule has 0 unspecified atom stereocenters. The van der Waals surface area contributed by atoms with Crippen LogP contribution < -0.4 is 5.32 Å². The highest BCUT2D eigenvalue weighted by Gasteiger charge is 2.15. The van der Waals surface area contributed by atoms with Crippen LogP contribution in [0.3, 0.4) is 0 Å². The lowest BCUT2D eigenvalue weighted by molar-refractivity contribution is 0.0947. The third-order valence-corrected chi connectivity index (χ3v) is 3.00. The molecular weight excluding hydrogens is 255 g/mol. The number of phenols is 1. The number of aromatic hydroxyl groups is 1. The van der Waals surface area contributed by atoms with Crippen LogP contribution in [-0.4, -0.2) is 22.5 Å². The third kappa shape index (κ3) is 2.84. The Morgan fingerprint density at radius 1 is 1.50 bits per heavy atom. The van der Waals surface area contributed by atoms with Crippen LogP contribution in [0, 0.1) is 5.82 Å². The highest BCUT2D eigenvalue weighted by Crippen LogP contribution is 2.19. The fourth-order valence-corrected chi connectivity index (χ4v) is 2.08. The molecule has 0 saturated carbocycles. The summed E-state index contributed by atoms with van der Waals surface area (Å²) in [5, 5.41) is 13.9. The maximum Gasteiger partial charge on any atom is 0.258 e. The number of nitrogens with zero attached hydrogens (tertiary/aromatic N) is 1. The van der Waals surface area contributed by atoms with E-state index in [0.717, 1.165) is 11.8 Å². The van der Waals surface area contributed by atoms with Gasteiger partial charge in [0.2, 0.25) is 0 Å². The summed E-state index contributed by atoms with van der Waals surface area (Å²) in [6.07, 6.45) is 0.574. The Bertz CT molecular complexity index is 523. The lowest BCUT2D eigenvalue weighted by Crippen LogP contribution is -2.26. The summed E-state index contributed by atoms with van der Waals surface area (Å²) in [6.45, 7) is 0.344. The standard InChI is InChI=1S/C12H11FN2O2S/c13-9-2-1-3-10(16)11(9)12(17)14-5-4-8-6-18-7-15-8/h1-3,6-7,16H,4-5H2,(H,14,17). The molecule has 1 aromatic heterocycles. The number of hydrogen-bond acceptors (Lipinski definition) is 4. The molecule has 2 aromatic rings. The average Bonchev–Trinajstić information content (AvgIpc) is 2.82. The summed E-state index contributed by atoms with van der Waals surface area (Å²) in [5.41, 5.74) is 2.26. The van der Waals surface area contributed by atoms with Crippen molar-refractivity contribution in [2.75, 3.05) is 6.54 Å². The first-order valence-corrected chi connectivity index (χ1v) is 6.25. The number of hydrogen-bond donors (Lipinski definition) is 2. The Morgan fingerprint density at radius 3 is 3.00 bits per heavy atom. The molecule has 18 heavy (non-hydrogen) atoms. The Labute approximate surface area is 107 Å². The van der Waals surface area contributed by atoms with E-state index in [-0.39, 0.29) is 11.3 Å². The molecule has 1 heterocycles. The molecule has 0 aliphatic heterocycles. The van der Waals surface area contributed by atoms with Crippen molar-refractivity contribution >= 4 is 17.2 Å². The van der Waals surface area contributed by atoms with E-state index in [9.17, 15) is 14.3 Å². The van der Waals surface area contributed by atoms with Gasteiger partial charge in [-0.1, -0.05) is 6.07 Å². The number of thiazole rings is 1. The third-order valence-electron chi connectivity index (χ3n) is 2.37. The van der Waals surface area contributed by atoms with Crippen molar-refractivity contribution in [1.29, 1.82) is 0 Å². The minimum Gasteiger partial charge on any atom is -0.507 e. The van der Waals surface area contributed by atoms with Gasteiger partial charge < -0.3 is 10.4 Å². The highest BCUT2D eigenvalue weighted by atomic mass is 32.1.